The van der Waals surface area contributed by atoms with E-state index in [0.717, 1.165) is 16.7 Å². The van der Waals surface area contributed by atoms with Gasteiger partial charge in [-0.25, -0.2) is 4.98 Å². The Morgan fingerprint density at radius 1 is 1.33 bits per heavy atom. The lowest BCUT2D eigenvalue weighted by Gasteiger charge is -2.11. The molecule has 1 heterocycles. The van der Waals surface area contributed by atoms with Crippen molar-refractivity contribution < 1.29 is 4.74 Å². The van der Waals surface area contributed by atoms with Gasteiger partial charge in [-0.3, -0.25) is 0 Å². The topological polar surface area (TPSA) is 34.1 Å². The zero-order valence-corrected chi connectivity index (χ0v) is 11.5. The maximum Gasteiger partial charge on any atom is 0.195 e. The summed E-state index contributed by atoms with van der Waals surface area (Å²) in [4.78, 5) is 4.28. The van der Waals surface area contributed by atoms with Crippen LogP contribution in [0.4, 0.5) is 5.13 Å². The van der Waals surface area contributed by atoms with Gasteiger partial charge in [-0.2, -0.15) is 0 Å². The van der Waals surface area contributed by atoms with Crippen LogP contribution in [0.5, 0.6) is 5.06 Å². The third-order valence-corrected chi connectivity index (χ3v) is 3.57. The molecule has 2 rings (SSSR count). The SMILES string of the molecule is CCOc1cnc(NCC(C)c2ccccc2)s1. The van der Waals surface area contributed by atoms with Crippen LogP contribution in [0.15, 0.2) is 36.5 Å². The van der Waals surface area contributed by atoms with Gasteiger partial charge in [0, 0.05) is 6.54 Å². The summed E-state index contributed by atoms with van der Waals surface area (Å²) in [6.45, 7) is 5.74. The molecule has 0 fully saturated rings. The fourth-order valence-corrected chi connectivity index (χ4v) is 2.42. The van der Waals surface area contributed by atoms with Gasteiger partial charge in [-0.05, 0) is 18.4 Å². The fraction of sp³-hybridized carbons (Fsp3) is 0.357. The van der Waals surface area contributed by atoms with Crippen molar-refractivity contribution in [3.05, 3.63) is 42.1 Å². The van der Waals surface area contributed by atoms with Gasteiger partial charge in [0.1, 0.15) is 0 Å². The third-order valence-electron chi connectivity index (χ3n) is 2.70. The molecule has 0 aliphatic heterocycles. The molecule has 3 nitrogen and oxygen atoms in total. The summed E-state index contributed by atoms with van der Waals surface area (Å²) < 4.78 is 5.39. The number of hydrogen-bond donors (Lipinski definition) is 1. The molecule has 0 aliphatic rings. The van der Waals surface area contributed by atoms with E-state index < -0.39 is 0 Å². The zero-order valence-electron chi connectivity index (χ0n) is 10.7. The summed E-state index contributed by atoms with van der Waals surface area (Å²) in [5, 5.41) is 5.13. The van der Waals surface area contributed by atoms with E-state index in [0.29, 0.717) is 12.5 Å². The van der Waals surface area contributed by atoms with Crippen molar-refractivity contribution in [3.63, 3.8) is 0 Å². The highest BCUT2D eigenvalue weighted by molar-refractivity contribution is 7.17. The standard InChI is InChI=1S/C14H18N2OS/c1-3-17-13-10-16-14(18-13)15-9-11(2)12-7-5-4-6-8-12/h4-8,10-11H,3,9H2,1-2H3,(H,15,16). The Hall–Kier alpha value is -1.55. The Balaban J connectivity index is 1.87. The highest BCUT2D eigenvalue weighted by Crippen LogP contribution is 2.26. The van der Waals surface area contributed by atoms with Crippen LogP contribution in [0.3, 0.4) is 0 Å². The predicted molar refractivity (Wildman–Crippen MR) is 76.6 cm³/mol. The minimum absolute atomic E-state index is 0.464. The van der Waals surface area contributed by atoms with Crippen LogP contribution >= 0.6 is 11.3 Å². The lowest BCUT2D eigenvalue weighted by Crippen LogP contribution is -2.09. The van der Waals surface area contributed by atoms with Gasteiger partial charge in [0.2, 0.25) is 0 Å². The first-order chi connectivity index (χ1) is 8.79. The lowest BCUT2D eigenvalue weighted by atomic mass is 10.0. The van der Waals surface area contributed by atoms with Crippen molar-refractivity contribution in [2.45, 2.75) is 19.8 Å². The summed E-state index contributed by atoms with van der Waals surface area (Å²) >= 11 is 1.55. The number of aromatic nitrogens is 1. The van der Waals surface area contributed by atoms with Crippen LogP contribution < -0.4 is 10.1 Å². The second-order valence-electron chi connectivity index (χ2n) is 4.11. The molecule has 1 atom stereocenters. The van der Waals surface area contributed by atoms with Gasteiger partial charge in [-0.15, -0.1) is 0 Å². The Morgan fingerprint density at radius 2 is 2.11 bits per heavy atom. The second kappa shape index (κ2) is 6.40. The van der Waals surface area contributed by atoms with Crippen LogP contribution in [-0.2, 0) is 0 Å². The Bertz CT molecular complexity index is 470. The first-order valence-electron chi connectivity index (χ1n) is 6.17. The highest BCUT2D eigenvalue weighted by Gasteiger charge is 2.06. The number of nitrogens with zero attached hydrogens (tertiary/aromatic N) is 1. The molecule has 0 radical (unpaired) electrons. The quantitative estimate of drug-likeness (QED) is 0.860. The van der Waals surface area contributed by atoms with Crippen LogP contribution in [0.2, 0.25) is 0 Å². The van der Waals surface area contributed by atoms with Crippen LogP contribution in [0, 0.1) is 0 Å². The molecule has 1 unspecified atom stereocenters. The monoisotopic (exact) mass is 262 g/mol. The lowest BCUT2D eigenvalue weighted by molar-refractivity contribution is 0.349. The fourth-order valence-electron chi connectivity index (χ4n) is 1.69. The van der Waals surface area contributed by atoms with Gasteiger partial charge in [-0.1, -0.05) is 48.6 Å². The molecule has 1 aromatic carbocycles. The summed E-state index contributed by atoms with van der Waals surface area (Å²) in [5.41, 5.74) is 1.34. The van der Waals surface area contributed by atoms with Crippen LogP contribution in [0.25, 0.3) is 0 Å². The van der Waals surface area contributed by atoms with Gasteiger partial charge in [0.05, 0.1) is 12.8 Å². The Kier molecular flexibility index (Phi) is 4.59. The minimum atomic E-state index is 0.464. The van der Waals surface area contributed by atoms with E-state index in [9.17, 15) is 0 Å². The van der Waals surface area contributed by atoms with E-state index in [4.69, 9.17) is 4.74 Å². The average molecular weight is 262 g/mol. The average Bonchev–Trinajstić information content (AvgIpc) is 2.85. The first kappa shape index (κ1) is 12.9. The molecule has 0 saturated carbocycles. The number of thiazole rings is 1. The molecule has 2 aromatic rings. The molecular formula is C14H18N2OS. The molecule has 0 saturated heterocycles. The summed E-state index contributed by atoms with van der Waals surface area (Å²) in [7, 11) is 0. The maximum atomic E-state index is 5.39. The number of rotatable bonds is 6. The summed E-state index contributed by atoms with van der Waals surface area (Å²) in [5.74, 6) is 0.464. The Morgan fingerprint density at radius 3 is 2.83 bits per heavy atom. The van der Waals surface area contributed by atoms with E-state index in [-0.39, 0.29) is 0 Å². The number of ether oxygens (including phenoxy) is 1. The van der Waals surface area contributed by atoms with Crippen molar-refractivity contribution >= 4 is 16.5 Å². The molecular weight excluding hydrogens is 244 g/mol. The van der Waals surface area contributed by atoms with Crippen LogP contribution in [0.1, 0.15) is 25.3 Å². The van der Waals surface area contributed by atoms with Gasteiger partial charge >= 0.3 is 0 Å². The van der Waals surface area contributed by atoms with E-state index >= 15 is 0 Å². The van der Waals surface area contributed by atoms with Crippen molar-refractivity contribution in [1.82, 2.24) is 4.98 Å². The number of hydrogen-bond acceptors (Lipinski definition) is 4. The number of anilines is 1. The second-order valence-corrected chi connectivity index (χ2v) is 5.10. The van der Waals surface area contributed by atoms with Gasteiger partial charge in [0.25, 0.3) is 0 Å². The maximum absolute atomic E-state index is 5.39. The highest BCUT2D eigenvalue weighted by atomic mass is 32.1. The number of nitrogens with one attached hydrogen (secondary N) is 1. The van der Waals surface area contributed by atoms with Crippen LogP contribution in [-0.4, -0.2) is 18.1 Å². The Labute approximate surface area is 112 Å². The molecule has 1 N–H and O–H groups in total. The zero-order chi connectivity index (χ0) is 12.8. The van der Waals surface area contributed by atoms with Gasteiger partial charge < -0.3 is 10.1 Å². The van der Waals surface area contributed by atoms with Crippen molar-refractivity contribution in [3.8, 4) is 5.06 Å². The molecule has 18 heavy (non-hydrogen) atoms. The largest absolute Gasteiger partial charge is 0.483 e. The van der Waals surface area contributed by atoms with Crippen molar-refractivity contribution in [2.75, 3.05) is 18.5 Å². The summed E-state index contributed by atoms with van der Waals surface area (Å²) in [6, 6.07) is 10.5. The van der Waals surface area contributed by atoms with E-state index in [1.165, 1.54) is 5.56 Å². The van der Waals surface area contributed by atoms with E-state index in [1.807, 2.05) is 13.0 Å². The van der Waals surface area contributed by atoms with Crippen molar-refractivity contribution in [2.24, 2.45) is 0 Å². The molecule has 0 amide bonds. The molecule has 1 aromatic heterocycles. The van der Waals surface area contributed by atoms with Gasteiger partial charge in [0.15, 0.2) is 10.2 Å². The predicted octanol–water partition coefficient (Wildman–Crippen LogP) is 3.76. The molecule has 0 bridgehead atoms. The van der Waals surface area contributed by atoms with Crippen molar-refractivity contribution in [1.29, 1.82) is 0 Å². The normalized spacial score (nSPS) is 12.1. The first-order valence-corrected chi connectivity index (χ1v) is 6.98. The third kappa shape index (κ3) is 3.47. The molecule has 0 aliphatic carbocycles. The molecule has 0 spiro atoms. The van der Waals surface area contributed by atoms with E-state index in [1.54, 1.807) is 17.5 Å². The van der Waals surface area contributed by atoms with E-state index in [2.05, 4.69) is 41.5 Å². The molecule has 96 valence electrons. The minimum Gasteiger partial charge on any atom is -0.483 e. The smallest absolute Gasteiger partial charge is 0.195 e. The molecule has 4 heteroatoms. The number of benzene rings is 1. The summed E-state index contributed by atoms with van der Waals surface area (Å²) in [6.07, 6.45) is 1.77.